The summed E-state index contributed by atoms with van der Waals surface area (Å²) in [5.41, 5.74) is 3.27. The van der Waals surface area contributed by atoms with Crippen LogP contribution >= 0.6 is 22.9 Å². The molecular weight excluding hydrogens is 352 g/mol. The van der Waals surface area contributed by atoms with E-state index in [2.05, 4.69) is 22.1 Å². The molecule has 0 amide bonds. The molecule has 1 saturated heterocycles. The van der Waals surface area contributed by atoms with Crippen molar-refractivity contribution in [3.63, 3.8) is 0 Å². The summed E-state index contributed by atoms with van der Waals surface area (Å²) in [6.07, 6.45) is 2.50. The van der Waals surface area contributed by atoms with Gasteiger partial charge in [-0.2, -0.15) is 0 Å². The van der Waals surface area contributed by atoms with Crippen molar-refractivity contribution in [2.45, 2.75) is 25.5 Å². The summed E-state index contributed by atoms with van der Waals surface area (Å²) < 4.78 is 8.14. The van der Waals surface area contributed by atoms with Gasteiger partial charge in [-0.1, -0.05) is 41.9 Å². The summed E-state index contributed by atoms with van der Waals surface area (Å²) >= 11 is 7.71. The van der Waals surface area contributed by atoms with Crippen molar-refractivity contribution in [2.75, 3.05) is 6.61 Å². The molecule has 128 valence electrons. The van der Waals surface area contributed by atoms with Crippen molar-refractivity contribution < 1.29 is 4.74 Å². The number of rotatable bonds is 4. The molecule has 0 aliphatic carbocycles. The average molecular weight is 371 g/mol. The van der Waals surface area contributed by atoms with E-state index in [1.165, 1.54) is 0 Å². The smallest absolute Gasteiger partial charge is 0.190 e. The van der Waals surface area contributed by atoms with Crippen LogP contribution in [0.25, 0.3) is 11.3 Å². The summed E-state index contributed by atoms with van der Waals surface area (Å²) in [5.74, 6) is 0. The first-order valence-electron chi connectivity index (χ1n) is 8.45. The molecule has 1 aromatic heterocycles. The normalized spacial score (nSPS) is 18.0. The van der Waals surface area contributed by atoms with Crippen LogP contribution in [0.2, 0.25) is 5.02 Å². The Bertz CT molecular complexity index is 893. The van der Waals surface area contributed by atoms with Crippen molar-refractivity contribution in [1.82, 2.24) is 4.57 Å². The van der Waals surface area contributed by atoms with E-state index in [-0.39, 0.29) is 6.10 Å². The maximum Gasteiger partial charge on any atom is 0.190 e. The van der Waals surface area contributed by atoms with E-state index in [9.17, 15) is 0 Å². The van der Waals surface area contributed by atoms with Crippen LogP contribution in [0.15, 0.2) is 65.0 Å². The molecule has 1 unspecified atom stereocenters. The van der Waals surface area contributed by atoms with Gasteiger partial charge >= 0.3 is 0 Å². The first-order valence-corrected chi connectivity index (χ1v) is 9.71. The molecule has 1 aliphatic rings. The SMILES string of the molecule is Clc1ccc(-c2csc(=Nc3ccccc3)n2CC2CCCO2)cc1. The molecule has 3 nitrogen and oxygen atoms in total. The van der Waals surface area contributed by atoms with Gasteiger partial charge < -0.3 is 9.30 Å². The van der Waals surface area contributed by atoms with Gasteiger partial charge in [-0.15, -0.1) is 11.3 Å². The van der Waals surface area contributed by atoms with Crippen LogP contribution < -0.4 is 4.80 Å². The monoisotopic (exact) mass is 370 g/mol. The van der Waals surface area contributed by atoms with Crippen LogP contribution in [0.3, 0.4) is 0 Å². The van der Waals surface area contributed by atoms with Gasteiger partial charge in [0.05, 0.1) is 24.0 Å². The number of aromatic nitrogens is 1. The minimum absolute atomic E-state index is 0.260. The maximum absolute atomic E-state index is 6.05. The van der Waals surface area contributed by atoms with Crippen molar-refractivity contribution in [1.29, 1.82) is 0 Å². The van der Waals surface area contributed by atoms with E-state index in [0.717, 1.165) is 52.8 Å². The van der Waals surface area contributed by atoms with Crippen molar-refractivity contribution in [3.8, 4) is 11.3 Å². The third-order valence-corrected chi connectivity index (χ3v) is 5.44. The Balaban J connectivity index is 1.78. The lowest BCUT2D eigenvalue weighted by atomic mass is 10.1. The van der Waals surface area contributed by atoms with Crippen molar-refractivity contribution in [3.05, 3.63) is 69.8 Å². The van der Waals surface area contributed by atoms with Gasteiger partial charge in [0.15, 0.2) is 4.80 Å². The Hall–Kier alpha value is -1.88. The van der Waals surface area contributed by atoms with Crippen LogP contribution in [0.5, 0.6) is 0 Å². The van der Waals surface area contributed by atoms with Gasteiger partial charge in [-0.25, -0.2) is 4.99 Å². The number of thiazole rings is 1. The number of halogens is 1. The lowest BCUT2D eigenvalue weighted by Crippen LogP contribution is -2.23. The van der Waals surface area contributed by atoms with Crippen LogP contribution in [-0.2, 0) is 11.3 Å². The molecule has 2 aromatic carbocycles. The van der Waals surface area contributed by atoms with Gasteiger partial charge in [-0.3, -0.25) is 0 Å². The molecule has 2 heterocycles. The van der Waals surface area contributed by atoms with Gasteiger partial charge in [0.1, 0.15) is 0 Å². The van der Waals surface area contributed by atoms with Gasteiger partial charge in [0.2, 0.25) is 0 Å². The van der Waals surface area contributed by atoms with Gasteiger partial charge in [-0.05, 0) is 42.7 Å². The Morgan fingerprint density at radius 3 is 2.64 bits per heavy atom. The predicted molar refractivity (Wildman–Crippen MR) is 103 cm³/mol. The second-order valence-electron chi connectivity index (χ2n) is 6.10. The zero-order valence-electron chi connectivity index (χ0n) is 13.8. The third kappa shape index (κ3) is 3.87. The standard InChI is InChI=1S/C20H19ClN2OS/c21-16-10-8-15(9-11-16)19-14-25-20(22-17-5-2-1-3-6-17)23(19)13-18-7-4-12-24-18/h1-3,5-6,8-11,14,18H,4,7,12-13H2. The Morgan fingerprint density at radius 2 is 1.92 bits per heavy atom. The number of ether oxygens (including phenoxy) is 1. The van der Waals surface area contributed by atoms with E-state index in [0.29, 0.717) is 0 Å². The average Bonchev–Trinajstić information content (AvgIpc) is 3.28. The number of hydrogen-bond acceptors (Lipinski definition) is 3. The summed E-state index contributed by atoms with van der Waals surface area (Å²) in [6, 6.07) is 18.1. The van der Waals surface area contributed by atoms with Crippen molar-refractivity contribution >= 4 is 28.6 Å². The molecule has 1 atom stereocenters. The first-order chi connectivity index (χ1) is 12.3. The molecule has 0 spiro atoms. The Morgan fingerprint density at radius 1 is 1.12 bits per heavy atom. The first kappa shape index (κ1) is 16.6. The highest BCUT2D eigenvalue weighted by atomic mass is 35.5. The largest absolute Gasteiger partial charge is 0.376 e. The van der Waals surface area contributed by atoms with E-state index >= 15 is 0 Å². The summed E-state index contributed by atoms with van der Waals surface area (Å²) in [4.78, 5) is 5.84. The molecule has 1 fully saturated rings. The van der Waals surface area contributed by atoms with Crippen molar-refractivity contribution in [2.24, 2.45) is 4.99 Å². The maximum atomic E-state index is 6.05. The zero-order chi connectivity index (χ0) is 17.1. The number of nitrogens with zero attached hydrogens (tertiary/aromatic N) is 2. The van der Waals surface area contributed by atoms with Crippen LogP contribution in [0.1, 0.15) is 12.8 Å². The van der Waals surface area contributed by atoms with Gasteiger partial charge in [0.25, 0.3) is 0 Å². The minimum atomic E-state index is 0.260. The summed E-state index contributed by atoms with van der Waals surface area (Å²) in [6.45, 7) is 1.68. The molecule has 25 heavy (non-hydrogen) atoms. The topological polar surface area (TPSA) is 26.5 Å². The van der Waals surface area contributed by atoms with E-state index < -0.39 is 0 Å². The Kier molecular flexibility index (Phi) is 5.02. The highest BCUT2D eigenvalue weighted by Crippen LogP contribution is 2.24. The number of para-hydroxylation sites is 1. The fourth-order valence-corrected chi connectivity index (χ4v) is 4.12. The molecule has 3 aromatic rings. The van der Waals surface area contributed by atoms with E-state index in [1.54, 1.807) is 11.3 Å². The zero-order valence-corrected chi connectivity index (χ0v) is 15.3. The van der Waals surface area contributed by atoms with Crippen LogP contribution in [0, 0.1) is 0 Å². The van der Waals surface area contributed by atoms with E-state index in [1.807, 2.05) is 42.5 Å². The molecule has 5 heteroatoms. The summed E-state index contributed by atoms with van der Waals surface area (Å²) in [5, 5.41) is 2.92. The number of benzene rings is 2. The highest BCUT2D eigenvalue weighted by molar-refractivity contribution is 7.07. The van der Waals surface area contributed by atoms with Crippen LogP contribution in [0.4, 0.5) is 5.69 Å². The third-order valence-electron chi connectivity index (χ3n) is 4.33. The molecule has 4 rings (SSSR count). The molecule has 0 saturated carbocycles. The minimum Gasteiger partial charge on any atom is -0.376 e. The lowest BCUT2D eigenvalue weighted by Gasteiger charge is -2.14. The van der Waals surface area contributed by atoms with Gasteiger partial charge in [0, 0.05) is 17.0 Å². The molecule has 0 bridgehead atoms. The molecule has 0 N–H and O–H groups in total. The van der Waals surface area contributed by atoms with E-state index in [4.69, 9.17) is 21.3 Å². The fourth-order valence-electron chi connectivity index (χ4n) is 3.05. The predicted octanol–water partition coefficient (Wildman–Crippen LogP) is 5.28. The summed E-state index contributed by atoms with van der Waals surface area (Å²) in [7, 11) is 0. The molecular formula is C20H19ClN2OS. The Labute approximate surface area is 156 Å². The highest BCUT2D eigenvalue weighted by Gasteiger charge is 2.19. The molecule has 1 aliphatic heterocycles. The van der Waals surface area contributed by atoms with Crippen LogP contribution in [-0.4, -0.2) is 17.3 Å². The molecule has 0 radical (unpaired) electrons. The number of hydrogen-bond donors (Lipinski definition) is 0. The second-order valence-corrected chi connectivity index (χ2v) is 7.38. The quantitative estimate of drug-likeness (QED) is 0.613. The lowest BCUT2D eigenvalue weighted by molar-refractivity contribution is 0.0968. The fraction of sp³-hybridized carbons (Fsp3) is 0.250. The second kappa shape index (κ2) is 7.56.